The van der Waals surface area contributed by atoms with Crippen molar-refractivity contribution in [2.45, 2.75) is 39.3 Å². The Morgan fingerprint density at radius 1 is 1.03 bits per heavy atom. The van der Waals surface area contributed by atoms with Gasteiger partial charge in [0.15, 0.2) is 5.69 Å². The number of nitrogens with zero attached hydrogens (tertiary/aromatic N) is 2. The highest BCUT2D eigenvalue weighted by Crippen LogP contribution is 2.33. The Kier molecular flexibility index (Phi) is 6.83. The second-order valence-corrected chi connectivity index (χ2v) is 9.47. The summed E-state index contributed by atoms with van der Waals surface area (Å²) in [5, 5.41) is 2.98. The highest BCUT2D eigenvalue weighted by atomic mass is 32.1. The van der Waals surface area contributed by atoms with Crippen LogP contribution < -0.4 is 21.7 Å². The molecule has 0 spiro atoms. The summed E-state index contributed by atoms with van der Waals surface area (Å²) < 4.78 is 3.95. The number of rotatable bonds is 6. The Morgan fingerprint density at radius 3 is 2.15 bits per heavy atom. The number of amides is 3. The molecule has 3 amide bonds. The van der Waals surface area contributed by atoms with Gasteiger partial charge in [-0.15, -0.1) is 0 Å². The lowest BCUT2D eigenvalue weighted by atomic mass is 9.99. The van der Waals surface area contributed by atoms with E-state index in [-0.39, 0.29) is 22.2 Å². The van der Waals surface area contributed by atoms with Gasteiger partial charge < -0.3 is 16.8 Å². The van der Waals surface area contributed by atoms with Gasteiger partial charge in [-0.2, -0.15) is 4.37 Å². The Bertz CT molecular complexity index is 1170. The van der Waals surface area contributed by atoms with Crippen molar-refractivity contribution in [2.75, 3.05) is 10.6 Å². The van der Waals surface area contributed by atoms with Crippen LogP contribution in [0.1, 0.15) is 58.1 Å². The Hall–Kier alpha value is -3.72. The molecule has 172 valence electrons. The van der Waals surface area contributed by atoms with Crippen LogP contribution in [-0.4, -0.2) is 27.6 Å². The molecule has 2 aromatic carbocycles. The molecule has 9 heteroatoms. The molecule has 1 heterocycles. The zero-order valence-corrected chi connectivity index (χ0v) is 19.8. The van der Waals surface area contributed by atoms with Crippen LogP contribution in [-0.2, 0) is 4.79 Å². The van der Waals surface area contributed by atoms with E-state index in [0.29, 0.717) is 11.3 Å². The number of hydrogen-bond donors (Lipinski definition) is 3. The molecule has 0 aliphatic heterocycles. The molecule has 1 aromatic heterocycles. The molecule has 0 bridgehead atoms. The lowest BCUT2D eigenvalue weighted by Crippen LogP contribution is -2.49. The third-order valence-electron chi connectivity index (χ3n) is 4.81. The van der Waals surface area contributed by atoms with Crippen molar-refractivity contribution < 1.29 is 14.4 Å². The van der Waals surface area contributed by atoms with Gasteiger partial charge in [0.2, 0.25) is 5.91 Å². The van der Waals surface area contributed by atoms with Crippen molar-refractivity contribution in [2.24, 2.45) is 5.73 Å². The number of nitrogens with one attached hydrogen (secondary N) is 1. The van der Waals surface area contributed by atoms with E-state index in [1.54, 1.807) is 24.3 Å². The summed E-state index contributed by atoms with van der Waals surface area (Å²) >= 11 is 0.777. The number of carbonyl (C=O) groups excluding carboxylic acids is 3. The number of carbonyl (C=O) groups is 3. The minimum atomic E-state index is -1.00. The molecule has 3 rings (SSSR count). The maximum atomic E-state index is 13.8. The number of nitrogen functional groups attached to an aromatic ring is 1. The highest BCUT2D eigenvalue weighted by molar-refractivity contribution is 7.09. The summed E-state index contributed by atoms with van der Waals surface area (Å²) in [4.78, 5) is 40.5. The summed E-state index contributed by atoms with van der Waals surface area (Å²) in [6.07, 6.45) is 0. The Labute approximate surface area is 196 Å². The van der Waals surface area contributed by atoms with Crippen LogP contribution in [0, 0.1) is 6.92 Å². The van der Waals surface area contributed by atoms with Crippen molar-refractivity contribution in [1.82, 2.24) is 9.69 Å². The van der Waals surface area contributed by atoms with E-state index in [4.69, 9.17) is 11.5 Å². The molecule has 0 aliphatic carbocycles. The fraction of sp³-hybridized carbons (Fsp3) is 0.250. The maximum Gasteiger partial charge on any atom is 0.273 e. The third kappa shape index (κ3) is 5.38. The smallest absolute Gasteiger partial charge is 0.273 e. The van der Waals surface area contributed by atoms with Gasteiger partial charge in [0.25, 0.3) is 11.8 Å². The predicted octanol–water partition coefficient (Wildman–Crippen LogP) is 3.44. The molecular formula is C24H27N5O3S. The first kappa shape index (κ1) is 23.9. The van der Waals surface area contributed by atoms with Crippen molar-refractivity contribution >= 4 is 40.6 Å². The average Bonchev–Trinajstić information content (AvgIpc) is 3.13. The van der Waals surface area contributed by atoms with Crippen LogP contribution >= 0.6 is 11.5 Å². The molecular weight excluding hydrogens is 438 g/mol. The van der Waals surface area contributed by atoms with Crippen LogP contribution in [0.25, 0.3) is 0 Å². The number of para-hydroxylation sites is 1. The zero-order chi connectivity index (χ0) is 24.3. The molecule has 0 saturated carbocycles. The SMILES string of the molecule is Cc1ccc(C(C(=O)NC(C)(C)C)N(C(=O)c2snc(C(N)=O)c2N)c2ccccc2)cc1. The molecule has 0 aliphatic rings. The van der Waals surface area contributed by atoms with Gasteiger partial charge in [0.05, 0.1) is 5.69 Å². The molecule has 0 saturated heterocycles. The van der Waals surface area contributed by atoms with Crippen LogP contribution in [0.4, 0.5) is 11.4 Å². The minimum Gasteiger partial charge on any atom is -0.395 e. The Balaban J connectivity index is 2.20. The quantitative estimate of drug-likeness (QED) is 0.513. The first-order valence-electron chi connectivity index (χ1n) is 10.3. The molecule has 0 radical (unpaired) electrons. The molecule has 0 fully saturated rings. The third-order valence-corrected chi connectivity index (χ3v) is 5.66. The number of benzene rings is 2. The van der Waals surface area contributed by atoms with Gasteiger partial charge in [-0.25, -0.2) is 0 Å². The standard InChI is InChI=1S/C24H27N5O3S/c1-14-10-12-15(13-11-14)19(22(31)27-24(2,3)4)29(16-8-6-5-7-9-16)23(32)20-17(25)18(21(26)30)28-33-20/h5-13,19H,25H2,1-4H3,(H2,26,30)(H,27,31). The molecule has 5 N–H and O–H groups in total. The van der Waals surface area contributed by atoms with Crippen molar-refractivity contribution in [1.29, 1.82) is 0 Å². The fourth-order valence-electron chi connectivity index (χ4n) is 3.32. The van der Waals surface area contributed by atoms with Gasteiger partial charge in [0.1, 0.15) is 10.9 Å². The van der Waals surface area contributed by atoms with E-state index < -0.39 is 23.4 Å². The van der Waals surface area contributed by atoms with Crippen molar-refractivity contribution in [3.63, 3.8) is 0 Å². The van der Waals surface area contributed by atoms with Gasteiger partial charge in [-0.05, 0) is 56.9 Å². The minimum absolute atomic E-state index is 0.0355. The highest BCUT2D eigenvalue weighted by Gasteiger charge is 2.37. The van der Waals surface area contributed by atoms with Crippen molar-refractivity contribution in [3.8, 4) is 0 Å². The largest absolute Gasteiger partial charge is 0.395 e. The second kappa shape index (κ2) is 9.41. The summed E-state index contributed by atoms with van der Waals surface area (Å²) in [5.74, 6) is -1.74. The molecule has 8 nitrogen and oxygen atoms in total. The number of aromatic nitrogens is 1. The lowest BCUT2D eigenvalue weighted by molar-refractivity contribution is -0.123. The van der Waals surface area contributed by atoms with E-state index in [2.05, 4.69) is 9.69 Å². The number of anilines is 2. The van der Waals surface area contributed by atoms with E-state index in [0.717, 1.165) is 17.1 Å². The van der Waals surface area contributed by atoms with E-state index in [1.165, 1.54) is 4.90 Å². The van der Waals surface area contributed by atoms with Crippen LogP contribution in [0.3, 0.4) is 0 Å². The van der Waals surface area contributed by atoms with E-state index >= 15 is 0 Å². The predicted molar refractivity (Wildman–Crippen MR) is 130 cm³/mol. The topological polar surface area (TPSA) is 131 Å². The average molecular weight is 466 g/mol. The molecule has 1 atom stereocenters. The van der Waals surface area contributed by atoms with E-state index in [1.807, 2.05) is 58.0 Å². The number of nitrogens with two attached hydrogens (primary N) is 2. The van der Waals surface area contributed by atoms with Gasteiger partial charge in [0, 0.05) is 11.2 Å². The molecule has 3 aromatic rings. The lowest BCUT2D eigenvalue weighted by Gasteiger charge is -2.33. The molecule has 1 unspecified atom stereocenters. The first-order valence-corrected chi connectivity index (χ1v) is 11.1. The van der Waals surface area contributed by atoms with Crippen LogP contribution in [0.2, 0.25) is 0 Å². The molecule has 33 heavy (non-hydrogen) atoms. The fourth-order valence-corrected chi connectivity index (χ4v) is 4.06. The number of hydrogen-bond acceptors (Lipinski definition) is 6. The van der Waals surface area contributed by atoms with Gasteiger partial charge >= 0.3 is 0 Å². The number of primary amides is 1. The van der Waals surface area contributed by atoms with Crippen LogP contribution in [0.5, 0.6) is 0 Å². The van der Waals surface area contributed by atoms with Gasteiger partial charge in [-0.3, -0.25) is 19.3 Å². The summed E-state index contributed by atoms with van der Waals surface area (Å²) in [6.45, 7) is 7.54. The Morgan fingerprint density at radius 2 is 1.64 bits per heavy atom. The monoisotopic (exact) mass is 465 g/mol. The summed E-state index contributed by atoms with van der Waals surface area (Å²) in [6, 6.07) is 15.2. The summed E-state index contributed by atoms with van der Waals surface area (Å²) in [7, 11) is 0. The number of aryl methyl sites for hydroxylation is 1. The second-order valence-electron chi connectivity index (χ2n) is 8.70. The zero-order valence-electron chi connectivity index (χ0n) is 19.0. The summed E-state index contributed by atoms with van der Waals surface area (Å²) in [5.41, 5.74) is 12.7. The van der Waals surface area contributed by atoms with Gasteiger partial charge in [-0.1, -0.05) is 48.0 Å². The first-order chi connectivity index (χ1) is 15.5. The van der Waals surface area contributed by atoms with Crippen molar-refractivity contribution in [3.05, 3.63) is 76.3 Å². The normalized spacial score (nSPS) is 12.1. The van der Waals surface area contributed by atoms with Crippen LogP contribution in [0.15, 0.2) is 54.6 Å². The maximum absolute atomic E-state index is 13.8. The van der Waals surface area contributed by atoms with E-state index in [9.17, 15) is 14.4 Å².